The second kappa shape index (κ2) is 14.3. The number of halogens is 1. The maximum absolute atomic E-state index is 13.1. The molecule has 5 nitrogen and oxygen atoms in total. The molecule has 7 heteroatoms. The van der Waals surface area contributed by atoms with E-state index in [4.69, 9.17) is 25.7 Å². The number of aromatic nitrogens is 2. The van der Waals surface area contributed by atoms with E-state index in [0.29, 0.717) is 25.0 Å². The minimum atomic E-state index is -2.21. The fraction of sp³-hybridized carbons (Fsp3) is 0.455. The zero-order chi connectivity index (χ0) is 29.3. The highest BCUT2D eigenvalue weighted by molar-refractivity contribution is 6.74. The molecular formula is C33H45ClN2O3Si. The first-order valence-corrected chi connectivity index (χ1v) is 17.6. The molecular weight excluding hydrogens is 536 g/mol. The van der Waals surface area contributed by atoms with Crippen LogP contribution in [0.4, 0.5) is 0 Å². The highest BCUT2D eigenvalue weighted by atomic mass is 35.5. The molecule has 1 atom stereocenters. The number of carbonyl (C=O) groups excluding carboxylic acids is 1. The lowest BCUT2D eigenvalue weighted by atomic mass is 10.0. The molecule has 0 bridgehead atoms. The van der Waals surface area contributed by atoms with Gasteiger partial charge in [-0.05, 0) is 54.7 Å². The van der Waals surface area contributed by atoms with Crippen molar-refractivity contribution in [2.45, 2.75) is 91.1 Å². The van der Waals surface area contributed by atoms with E-state index in [2.05, 4.69) is 51.4 Å². The van der Waals surface area contributed by atoms with Gasteiger partial charge in [-0.15, -0.1) is 0 Å². The predicted octanol–water partition coefficient (Wildman–Crippen LogP) is 8.83. The van der Waals surface area contributed by atoms with Gasteiger partial charge in [0.1, 0.15) is 12.1 Å². The van der Waals surface area contributed by atoms with Crippen molar-refractivity contribution in [3.8, 4) is 0 Å². The second-order valence-electron chi connectivity index (χ2n) is 11.8. The van der Waals surface area contributed by atoms with Crippen LogP contribution in [-0.4, -0.2) is 30.4 Å². The number of benzene rings is 2. The molecule has 1 heterocycles. The number of esters is 1. The van der Waals surface area contributed by atoms with E-state index in [1.54, 1.807) is 0 Å². The molecule has 1 aromatic heterocycles. The van der Waals surface area contributed by atoms with Gasteiger partial charge in [0.25, 0.3) is 0 Å². The first-order chi connectivity index (χ1) is 19.0. The zero-order valence-corrected chi connectivity index (χ0v) is 26.9. The van der Waals surface area contributed by atoms with Crippen molar-refractivity contribution in [1.29, 1.82) is 0 Å². The molecule has 1 unspecified atom stereocenters. The number of nitrogens with zero attached hydrogens (tertiary/aromatic N) is 2. The van der Waals surface area contributed by atoms with E-state index in [1.807, 2.05) is 67.7 Å². The minimum Gasteiger partial charge on any atom is -0.463 e. The van der Waals surface area contributed by atoms with Crippen LogP contribution in [0.25, 0.3) is 6.08 Å². The molecule has 0 fully saturated rings. The third kappa shape index (κ3) is 8.42. The largest absolute Gasteiger partial charge is 0.463 e. The number of hydrogen-bond acceptors (Lipinski definition) is 4. The summed E-state index contributed by atoms with van der Waals surface area (Å²) >= 11 is 6.66. The van der Waals surface area contributed by atoms with Crippen LogP contribution in [0.5, 0.6) is 0 Å². The van der Waals surface area contributed by atoms with E-state index < -0.39 is 8.32 Å². The Morgan fingerprint density at radius 3 is 2.38 bits per heavy atom. The predicted molar refractivity (Wildman–Crippen MR) is 168 cm³/mol. The van der Waals surface area contributed by atoms with Crippen LogP contribution in [0.1, 0.15) is 76.3 Å². The lowest BCUT2D eigenvalue weighted by molar-refractivity contribution is -0.138. The first kappa shape index (κ1) is 31.8. The Hall–Kier alpha value is -2.67. The van der Waals surface area contributed by atoms with Crippen LogP contribution >= 0.6 is 11.6 Å². The molecule has 40 heavy (non-hydrogen) atoms. The smallest absolute Gasteiger partial charge is 0.334 e. The van der Waals surface area contributed by atoms with E-state index in [9.17, 15) is 4.79 Å². The van der Waals surface area contributed by atoms with Gasteiger partial charge in [0.05, 0.1) is 18.5 Å². The van der Waals surface area contributed by atoms with Crippen LogP contribution in [0.3, 0.4) is 0 Å². The molecule has 0 radical (unpaired) electrons. The van der Waals surface area contributed by atoms with Gasteiger partial charge in [0, 0.05) is 29.9 Å². The van der Waals surface area contributed by atoms with Crippen molar-refractivity contribution < 1.29 is 14.0 Å². The summed E-state index contributed by atoms with van der Waals surface area (Å²) in [5.41, 5.74) is 3.48. The normalized spacial score (nSPS) is 13.3. The number of aryl methyl sites for hydroxylation is 1. The van der Waals surface area contributed by atoms with Gasteiger partial charge in [-0.25, -0.2) is 9.78 Å². The lowest BCUT2D eigenvalue weighted by Crippen LogP contribution is -2.43. The topological polar surface area (TPSA) is 53.3 Å². The summed E-state index contributed by atoms with van der Waals surface area (Å²) in [5, 5.41) is 0.727. The van der Waals surface area contributed by atoms with Gasteiger partial charge < -0.3 is 13.7 Å². The van der Waals surface area contributed by atoms with Gasteiger partial charge in [-0.2, -0.15) is 0 Å². The Morgan fingerprint density at radius 2 is 1.75 bits per heavy atom. The Kier molecular flexibility index (Phi) is 11.4. The third-order valence-corrected chi connectivity index (χ3v) is 12.5. The van der Waals surface area contributed by atoms with Crippen molar-refractivity contribution >= 4 is 32.0 Å². The zero-order valence-electron chi connectivity index (χ0n) is 25.2. The van der Waals surface area contributed by atoms with Crippen LogP contribution in [0.2, 0.25) is 23.2 Å². The number of rotatable bonds is 13. The molecule has 0 aliphatic carbocycles. The first-order valence-electron chi connectivity index (χ1n) is 14.4. The fourth-order valence-corrected chi connectivity index (χ4v) is 5.76. The Bertz CT molecular complexity index is 1280. The van der Waals surface area contributed by atoms with Crippen molar-refractivity contribution in [2.75, 3.05) is 6.61 Å². The summed E-state index contributed by atoms with van der Waals surface area (Å²) in [7, 11) is -2.21. The monoisotopic (exact) mass is 580 g/mol. The summed E-state index contributed by atoms with van der Waals surface area (Å²) in [5.74, 6) is 0.633. The van der Waals surface area contributed by atoms with E-state index in [-0.39, 0.29) is 17.2 Å². The van der Waals surface area contributed by atoms with Crippen LogP contribution in [0, 0.1) is 0 Å². The van der Waals surface area contributed by atoms with Crippen molar-refractivity contribution in [2.24, 2.45) is 0 Å². The average Bonchev–Trinajstić information content (AvgIpc) is 3.30. The Labute approximate surface area is 246 Å². The maximum Gasteiger partial charge on any atom is 0.334 e. The van der Waals surface area contributed by atoms with Crippen LogP contribution < -0.4 is 0 Å². The molecule has 216 valence electrons. The number of carbonyl (C=O) groups is 1. The summed E-state index contributed by atoms with van der Waals surface area (Å²) in [6.07, 6.45) is 7.40. The van der Waals surface area contributed by atoms with Gasteiger partial charge >= 0.3 is 5.97 Å². The van der Waals surface area contributed by atoms with Gasteiger partial charge in [-0.1, -0.05) is 94.2 Å². The molecule has 0 spiro atoms. The molecule has 2 aromatic carbocycles. The van der Waals surface area contributed by atoms with E-state index in [0.717, 1.165) is 46.9 Å². The number of ether oxygens (including phenoxy) is 1. The molecule has 0 saturated carbocycles. The van der Waals surface area contributed by atoms with Gasteiger partial charge in [0.15, 0.2) is 8.32 Å². The van der Waals surface area contributed by atoms with Crippen molar-refractivity contribution in [1.82, 2.24) is 9.55 Å². The minimum absolute atomic E-state index is 0.00923. The highest BCUT2D eigenvalue weighted by Crippen LogP contribution is 2.40. The summed E-state index contributed by atoms with van der Waals surface area (Å²) < 4.78 is 14.8. The quantitative estimate of drug-likeness (QED) is 0.115. The maximum atomic E-state index is 13.1. The SMILES string of the molecule is CCCCc1ncc(/C=C(\Cc2ccccc2)C(=O)OCC)n1C(Cc1ccccc1Cl)O[Si](C)(C)C(C)(C)C. The fourth-order valence-electron chi connectivity index (χ4n) is 4.33. The Morgan fingerprint density at radius 1 is 1.07 bits per heavy atom. The second-order valence-corrected chi connectivity index (χ2v) is 16.9. The summed E-state index contributed by atoms with van der Waals surface area (Å²) in [6, 6.07) is 17.9. The lowest BCUT2D eigenvalue weighted by Gasteiger charge is -2.40. The number of hydrogen-bond donors (Lipinski definition) is 0. The summed E-state index contributed by atoms with van der Waals surface area (Å²) in [4.78, 5) is 18.0. The Balaban J connectivity index is 2.18. The standard InChI is InChI=1S/C33H45ClN2O3Si/c1-8-10-20-30-35-24-28(22-27(32(37)38-9-2)21-25-16-12-11-13-17-25)36(30)31(39-40(6,7)33(3,4)5)23-26-18-14-15-19-29(26)34/h11-19,22,24,31H,8-10,20-21,23H2,1-7H3/b27-22+. The van der Waals surface area contributed by atoms with Crippen LogP contribution in [-0.2, 0) is 33.2 Å². The highest BCUT2D eigenvalue weighted by Gasteiger charge is 2.40. The third-order valence-electron chi connectivity index (χ3n) is 7.63. The molecule has 0 N–H and O–H groups in total. The number of unbranched alkanes of at least 4 members (excludes halogenated alkanes) is 1. The van der Waals surface area contributed by atoms with Gasteiger partial charge in [0.2, 0.25) is 0 Å². The summed E-state index contributed by atoms with van der Waals surface area (Å²) in [6.45, 7) is 15.6. The van der Waals surface area contributed by atoms with Crippen LogP contribution in [0.15, 0.2) is 66.4 Å². The molecule has 3 rings (SSSR count). The molecule has 0 amide bonds. The van der Waals surface area contributed by atoms with E-state index in [1.165, 1.54) is 0 Å². The van der Waals surface area contributed by atoms with Gasteiger partial charge in [-0.3, -0.25) is 0 Å². The van der Waals surface area contributed by atoms with Crippen molar-refractivity contribution in [3.63, 3.8) is 0 Å². The number of imidazole rings is 1. The molecule has 0 saturated heterocycles. The molecule has 0 aliphatic heterocycles. The van der Waals surface area contributed by atoms with E-state index >= 15 is 0 Å². The average molecular weight is 581 g/mol. The molecule has 0 aliphatic rings. The van der Waals surface area contributed by atoms with Crippen molar-refractivity contribution in [3.05, 3.63) is 94.0 Å². The molecule has 3 aromatic rings.